The third-order valence-electron chi connectivity index (χ3n) is 4.30. The predicted octanol–water partition coefficient (Wildman–Crippen LogP) is 3.75. The standard InChI is InChI=1S/C19H19N3/c1-14-18-17(12-13-20-14)19(15-8-4-2-5-9-15)22(21-18)16-10-6-3-7-11-16/h2-11,14,20H,12-13H2,1H3. The highest BCUT2D eigenvalue weighted by Crippen LogP contribution is 2.33. The van der Waals surface area contributed by atoms with Crippen LogP contribution in [0.15, 0.2) is 60.7 Å². The Hall–Kier alpha value is -2.39. The fourth-order valence-electron chi connectivity index (χ4n) is 3.22. The zero-order valence-corrected chi connectivity index (χ0v) is 12.7. The molecule has 3 heteroatoms. The highest BCUT2D eigenvalue weighted by Gasteiger charge is 2.26. The molecule has 110 valence electrons. The lowest BCUT2D eigenvalue weighted by molar-refractivity contribution is 0.527. The summed E-state index contributed by atoms with van der Waals surface area (Å²) < 4.78 is 2.10. The molecule has 1 aromatic heterocycles. The quantitative estimate of drug-likeness (QED) is 0.778. The number of nitrogens with zero attached hydrogens (tertiary/aromatic N) is 2. The molecule has 2 heterocycles. The maximum Gasteiger partial charge on any atom is 0.0834 e. The number of rotatable bonds is 2. The SMILES string of the molecule is CC1NCCc2c1nn(-c1ccccc1)c2-c1ccccc1. The van der Waals surface area contributed by atoms with Gasteiger partial charge in [0.2, 0.25) is 0 Å². The molecule has 0 aliphatic carbocycles. The molecule has 22 heavy (non-hydrogen) atoms. The summed E-state index contributed by atoms with van der Waals surface area (Å²) in [7, 11) is 0. The first kappa shape index (κ1) is 13.3. The van der Waals surface area contributed by atoms with E-state index in [1.807, 2.05) is 6.07 Å². The second kappa shape index (κ2) is 5.43. The first-order chi connectivity index (χ1) is 10.8. The van der Waals surface area contributed by atoms with Crippen LogP contribution in [0.4, 0.5) is 0 Å². The van der Waals surface area contributed by atoms with E-state index in [0.717, 1.165) is 18.7 Å². The molecular formula is C19H19N3. The summed E-state index contributed by atoms with van der Waals surface area (Å²) in [5.41, 5.74) is 6.13. The molecule has 0 fully saturated rings. The van der Waals surface area contributed by atoms with Gasteiger partial charge in [0, 0.05) is 17.2 Å². The van der Waals surface area contributed by atoms with Crippen LogP contribution < -0.4 is 5.32 Å². The van der Waals surface area contributed by atoms with Gasteiger partial charge < -0.3 is 5.32 Å². The van der Waals surface area contributed by atoms with Gasteiger partial charge in [-0.1, -0.05) is 48.5 Å². The maximum atomic E-state index is 4.93. The van der Waals surface area contributed by atoms with E-state index in [1.54, 1.807) is 0 Å². The van der Waals surface area contributed by atoms with Crippen molar-refractivity contribution in [2.75, 3.05) is 6.54 Å². The van der Waals surface area contributed by atoms with Crippen molar-refractivity contribution in [3.8, 4) is 16.9 Å². The van der Waals surface area contributed by atoms with Crippen molar-refractivity contribution < 1.29 is 0 Å². The Kier molecular flexibility index (Phi) is 3.28. The van der Waals surface area contributed by atoms with Gasteiger partial charge in [0.05, 0.1) is 17.1 Å². The van der Waals surface area contributed by atoms with E-state index in [0.29, 0.717) is 6.04 Å². The largest absolute Gasteiger partial charge is 0.308 e. The van der Waals surface area contributed by atoms with E-state index in [4.69, 9.17) is 5.10 Å². The Morgan fingerprint density at radius 1 is 1.00 bits per heavy atom. The van der Waals surface area contributed by atoms with Crippen LogP contribution in [0.25, 0.3) is 16.9 Å². The molecule has 1 atom stereocenters. The Morgan fingerprint density at radius 2 is 1.68 bits per heavy atom. The summed E-state index contributed by atoms with van der Waals surface area (Å²) in [6.07, 6.45) is 1.02. The lowest BCUT2D eigenvalue weighted by Gasteiger charge is -2.19. The van der Waals surface area contributed by atoms with Crippen molar-refractivity contribution in [3.05, 3.63) is 71.9 Å². The average Bonchev–Trinajstić information content (AvgIpc) is 2.97. The highest BCUT2D eigenvalue weighted by molar-refractivity contribution is 5.67. The van der Waals surface area contributed by atoms with E-state index in [1.165, 1.54) is 22.5 Å². The van der Waals surface area contributed by atoms with Crippen LogP contribution in [0.5, 0.6) is 0 Å². The van der Waals surface area contributed by atoms with E-state index >= 15 is 0 Å². The minimum absolute atomic E-state index is 0.302. The topological polar surface area (TPSA) is 29.9 Å². The van der Waals surface area contributed by atoms with Gasteiger partial charge in [-0.2, -0.15) is 5.10 Å². The lowest BCUT2D eigenvalue weighted by atomic mass is 9.97. The highest BCUT2D eigenvalue weighted by atomic mass is 15.3. The maximum absolute atomic E-state index is 4.93. The van der Waals surface area contributed by atoms with Gasteiger partial charge in [-0.25, -0.2) is 4.68 Å². The van der Waals surface area contributed by atoms with Crippen LogP contribution in [-0.4, -0.2) is 16.3 Å². The van der Waals surface area contributed by atoms with Crippen LogP contribution in [0.3, 0.4) is 0 Å². The van der Waals surface area contributed by atoms with Crippen molar-refractivity contribution in [1.29, 1.82) is 0 Å². The molecule has 4 rings (SSSR count). The normalized spacial score (nSPS) is 17.2. The molecule has 1 aliphatic heterocycles. The molecule has 0 bridgehead atoms. The molecule has 2 aromatic carbocycles. The zero-order chi connectivity index (χ0) is 14.9. The van der Waals surface area contributed by atoms with E-state index in [9.17, 15) is 0 Å². The van der Waals surface area contributed by atoms with Crippen LogP contribution in [0.2, 0.25) is 0 Å². The van der Waals surface area contributed by atoms with Gasteiger partial charge in [0.15, 0.2) is 0 Å². The van der Waals surface area contributed by atoms with Gasteiger partial charge >= 0.3 is 0 Å². The number of hydrogen-bond donors (Lipinski definition) is 1. The molecule has 3 aromatic rings. The average molecular weight is 289 g/mol. The monoisotopic (exact) mass is 289 g/mol. The van der Waals surface area contributed by atoms with Crippen LogP contribution in [0.1, 0.15) is 24.2 Å². The van der Waals surface area contributed by atoms with Crippen molar-refractivity contribution in [2.45, 2.75) is 19.4 Å². The first-order valence-electron chi connectivity index (χ1n) is 7.80. The van der Waals surface area contributed by atoms with Crippen molar-refractivity contribution in [1.82, 2.24) is 15.1 Å². The fourth-order valence-corrected chi connectivity index (χ4v) is 3.22. The van der Waals surface area contributed by atoms with Gasteiger partial charge in [-0.15, -0.1) is 0 Å². The first-order valence-corrected chi connectivity index (χ1v) is 7.80. The van der Waals surface area contributed by atoms with E-state index in [-0.39, 0.29) is 0 Å². The number of nitrogens with one attached hydrogen (secondary N) is 1. The lowest BCUT2D eigenvalue weighted by Crippen LogP contribution is -2.27. The molecular weight excluding hydrogens is 270 g/mol. The minimum atomic E-state index is 0.302. The smallest absolute Gasteiger partial charge is 0.0834 e. The Balaban J connectivity index is 1.98. The Morgan fingerprint density at radius 3 is 2.41 bits per heavy atom. The molecule has 0 radical (unpaired) electrons. The van der Waals surface area contributed by atoms with E-state index in [2.05, 4.69) is 71.5 Å². The van der Waals surface area contributed by atoms with Gasteiger partial charge in [-0.05, 0) is 32.0 Å². The number of benzene rings is 2. The van der Waals surface area contributed by atoms with Crippen molar-refractivity contribution >= 4 is 0 Å². The number of fused-ring (bicyclic) bond motifs is 1. The van der Waals surface area contributed by atoms with Crippen LogP contribution in [0, 0.1) is 0 Å². The third kappa shape index (κ3) is 2.14. The summed E-state index contributed by atoms with van der Waals surface area (Å²) in [4.78, 5) is 0. The van der Waals surface area contributed by atoms with Gasteiger partial charge in [-0.3, -0.25) is 0 Å². The molecule has 1 N–H and O–H groups in total. The summed E-state index contributed by atoms with van der Waals surface area (Å²) in [6, 6.07) is 21.3. The van der Waals surface area contributed by atoms with E-state index < -0.39 is 0 Å². The summed E-state index contributed by atoms with van der Waals surface area (Å²) >= 11 is 0. The molecule has 0 amide bonds. The zero-order valence-electron chi connectivity index (χ0n) is 12.7. The molecule has 0 spiro atoms. The van der Waals surface area contributed by atoms with Crippen LogP contribution >= 0.6 is 0 Å². The number of hydrogen-bond acceptors (Lipinski definition) is 2. The molecule has 3 nitrogen and oxygen atoms in total. The second-order valence-corrected chi connectivity index (χ2v) is 5.75. The summed E-state index contributed by atoms with van der Waals surface area (Å²) in [5, 5.41) is 8.44. The molecule has 0 saturated carbocycles. The molecule has 1 unspecified atom stereocenters. The molecule has 0 saturated heterocycles. The van der Waals surface area contributed by atoms with Crippen molar-refractivity contribution in [2.24, 2.45) is 0 Å². The second-order valence-electron chi connectivity index (χ2n) is 5.75. The Bertz CT molecular complexity index is 775. The van der Waals surface area contributed by atoms with Crippen molar-refractivity contribution in [3.63, 3.8) is 0 Å². The third-order valence-corrected chi connectivity index (χ3v) is 4.30. The van der Waals surface area contributed by atoms with Gasteiger partial charge in [0.25, 0.3) is 0 Å². The molecule has 1 aliphatic rings. The van der Waals surface area contributed by atoms with Crippen LogP contribution in [-0.2, 0) is 6.42 Å². The number of aromatic nitrogens is 2. The summed E-state index contributed by atoms with van der Waals surface area (Å²) in [6.45, 7) is 3.20. The fraction of sp³-hybridized carbons (Fsp3) is 0.211. The Labute approximate surface area is 130 Å². The number of para-hydroxylation sites is 1. The minimum Gasteiger partial charge on any atom is -0.308 e. The summed E-state index contributed by atoms with van der Waals surface area (Å²) in [5.74, 6) is 0. The van der Waals surface area contributed by atoms with Gasteiger partial charge in [0.1, 0.15) is 0 Å². The predicted molar refractivity (Wildman–Crippen MR) is 89.1 cm³/mol.